The molecule has 0 spiro atoms. The molecule has 2 aromatic rings. The van der Waals surface area contributed by atoms with E-state index in [1.165, 1.54) is 47.9 Å². The van der Waals surface area contributed by atoms with Crippen molar-refractivity contribution in [3.63, 3.8) is 0 Å². The molecular weight excluding hydrogens is 338 g/mol. The maximum atomic E-state index is 6.27. The van der Waals surface area contributed by atoms with Crippen molar-refractivity contribution in [3.05, 3.63) is 15.7 Å². The zero-order chi connectivity index (χ0) is 16.9. The van der Waals surface area contributed by atoms with Gasteiger partial charge in [0.15, 0.2) is 0 Å². The summed E-state index contributed by atoms with van der Waals surface area (Å²) in [4.78, 5) is 14.3. The number of anilines is 1. The average Bonchev–Trinajstić information content (AvgIpc) is 2.91. The Bertz CT molecular complexity index is 756. The summed E-state index contributed by atoms with van der Waals surface area (Å²) in [5.41, 5.74) is 1.88. The monoisotopic (exact) mass is 363 g/mol. The van der Waals surface area contributed by atoms with Gasteiger partial charge >= 0.3 is 0 Å². The SMILES string of the molecule is CC(C)(C)C1CCc2c(sc3nc(Cl)nc(N4CCCCC4)c23)C1. The van der Waals surface area contributed by atoms with E-state index in [-0.39, 0.29) is 0 Å². The standard InChI is InChI=1S/C19H26ClN3S/c1-19(2,3)12-7-8-13-14(11-12)24-17-15(13)16(21-18(20)22-17)23-9-5-4-6-10-23/h12H,4-11H2,1-3H3. The zero-order valence-corrected chi connectivity index (χ0v) is 16.4. The molecule has 4 rings (SSSR count). The van der Waals surface area contributed by atoms with Crippen LogP contribution >= 0.6 is 22.9 Å². The summed E-state index contributed by atoms with van der Waals surface area (Å²) >= 11 is 8.12. The molecule has 0 radical (unpaired) electrons. The lowest BCUT2D eigenvalue weighted by Crippen LogP contribution is -2.30. The Morgan fingerprint density at radius 1 is 1.12 bits per heavy atom. The van der Waals surface area contributed by atoms with Crippen molar-refractivity contribution in [3.8, 4) is 0 Å². The van der Waals surface area contributed by atoms with Crippen molar-refractivity contribution in [1.82, 2.24) is 9.97 Å². The highest BCUT2D eigenvalue weighted by molar-refractivity contribution is 7.19. The van der Waals surface area contributed by atoms with Crippen LogP contribution in [-0.2, 0) is 12.8 Å². The molecule has 2 aliphatic rings. The van der Waals surface area contributed by atoms with Gasteiger partial charge in [-0.3, -0.25) is 0 Å². The van der Waals surface area contributed by atoms with E-state index in [1.54, 1.807) is 0 Å². The highest BCUT2D eigenvalue weighted by Crippen LogP contribution is 2.45. The summed E-state index contributed by atoms with van der Waals surface area (Å²) in [6, 6.07) is 0. The summed E-state index contributed by atoms with van der Waals surface area (Å²) in [6.45, 7) is 9.29. The van der Waals surface area contributed by atoms with Gasteiger partial charge in [0, 0.05) is 18.0 Å². The summed E-state index contributed by atoms with van der Waals surface area (Å²) < 4.78 is 0. The number of piperidine rings is 1. The van der Waals surface area contributed by atoms with Gasteiger partial charge in [-0.1, -0.05) is 20.8 Å². The number of rotatable bonds is 1. The number of aromatic nitrogens is 2. The molecule has 1 aliphatic heterocycles. The van der Waals surface area contributed by atoms with Crippen LogP contribution in [0, 0.1) is 11.3 Å². The number of halogens is 1. The van der Waals surface area contributed by atoms with Crippen molar-refractivity contribution < 1.29 is 0 Å². The number of nitrogens with zero attached hydrogens (tertiary/aromatic N) is 3. The molecule has 0 bridgehead atoms. The van der Waals surface area contributed by atoms with Gasteiger partial charge in [0.05, 0.1) is 5.39 Å². The largest absolute Gasteiger partial charge is 0.356 e. The Hall–Kier alpha value is -0.870. The van der Waals surface area contributed by atoms with E-state index in [0.717, 1.165) is 36.1 Å². The van der Waals surface area contributed by atoms with E-state index >= 15 is 0 Å². The van der Waals surface area contributed by atoms with Crippen LogP contribution in [0.4, 0.5) is 5.82 Å². The third-order valence-electron chi connectivity index (χ3n) is 5.74. The molecule has 0 aromatic carbocycles. The molecule has 24 heavy (non-hydrogen) atoms. The van der Waals surface area contributed by atoms with Crippen LogP contribution in [0.3, 0.4) is 0 Å². The third kappa shape index (κ3) is 2.92. The van der Waals surface area contributed by atoms with Crippen molar-refractivity contribution >= 4 is 39.0 Å². The molecule has 1 fully saturated rings. The lowest BCUT2D eigenvalue weighted by atomic mass is 9.72. The van der Waals surface area contributed by atoms with Crippen LogP contribution in [0.2, 0.25) is 5.28 Å². The molecule has 130 valence electrons. The van der Waals surface area contributed by atoms with E-state index in [1.807, 2.05) is 11.3 Å². The lowest BCUT2D eigenvalue weighted by molar-refractivity contribution is 0.218. The molecule has 0 amide bonds. The average molecular weight is 364 g/mol. The second-order valence-electron chi connectivity index (χ2n) is 8.35. The van der Waals surface area contributed by atoms with Crippen molar-refractivity contribution in [1.29, 1.82) is 0 Å². The van der Waals surface area contributed by atoms with Gasteiger partial charge < -0.3 is 4.90 Å². The van der Waals surface area contributed by atoms with Crippen LogP contribution < -0.4 is 4.90 Å². The van der Waals surface area contributed by atoms with E-state index in [2.05, 4.69) is 35.6 Å². The minimum atomic E-state index is 0.368. The molecule has 3 heterocycles. The van der Waals surface area contributed by atoms with E-state index < -0.39 is 0 Å². The molecule has 2 aromatic heterocycles. The van der Waals surface area contributed by atoms with Gasteiger partial charge in [0.2, 0.25) is 5.28 Å². The van der Waals surface area contributed by atoms with Crippen molar-refractivity contribution in [2.45, 2.75) is 59.3 Å². The lowest BCUT2D eigenvalue weighted by Gasteiger charge is -2.34. The predicted molar refractivity (Wildman–Crippen MR) is 103 cm³/mol. The first-order chi connectivity index (χ1) is 11.4. The van der Waals surface area contributed by atoms with Crippen molar-refractivity contribution in [2.75, 3.05) is 18.0 Å². The highest BCUT2D eigenvalue weighted by Gasteiger charge is 2.32. The predicted octanol–water partition coefficient (Wildman–Crippen LogP) is 5.49. The van der Waals surface area contributed by atoms with Crippen LogP contribution in [0.15, 0.2) is 0 Å². The Morgan fingerprint density at radius 3 is 2.58 bits per heavy atom. The molecule has 5 heteroatoms. The summed E-state index contributed by atoms with van der Waals surface area (Å²) in [5, 5.41) is 1.70. The highest BCUT2D eigenvalue weighted by atomic mass is 35.5. The zero-order valence-electron chi connectivity index (χ0n) is 14.9. The molecule has 1 saturated heterocycles. The van der Waals surface area contributed by atoms with Gasteiger partial charge in [-0.2, -0.15) is 4.98 Å². The van der Waals surface area contributed by atoms with E-state index in [0.29, 0.717) is 10.7 Å². The fourth-order valence-corrected chi connectivity index (χ4v) is 5.72. The second-order valence-corrected chi connectivity index (χ2v) is 9.78. The van der Waals surface area contributed by atoms with Gasteiger partial charge in [0.25, 0.3) is 0 Å². The number of hydrogen-bond donors (Lipinski definition) is 0. The summed E-state index contributed by atoms with van der Waals surface area (Å²) in [5.74, 6) is 1.84. The Balaban J connectivity index is 1.80. The fourth-order valence-electron chi connectivity index (χ4n) is 4.21. The summed E-state index contributed by atoms with van der Waals surface area (Å²) in [6.07, 6.45) is 7.43. The van der Waals surface area contributed by atoms with E-state index in [9.17, 15) is 0 Å². The topological polar surface area (TPSA) is 29.0 Å². The van der Waals surface area contributed by atoms with Gasteiger partial charge in [0.1, 0.15) is 10.6 Å². The molecule has 0 N–H and O–H groups in total. The first-order valence-electron chi connectivity index (χ1n) is 9.16. The number of aryl methyl sites for hydroxylation is 1. The Labute approximate surface area is 153 Å². The fraction of sp³-hybridized carbons (Fsp3) is 0.684. The molecule has 0 saturated carbocycles. The smallest absolute Gasteiger partial charge is 0.225 e. The molecular formula is C19H26ClN3S. The maximum absolute atomic E-state index is 6.27. The summed E-state index contributed by atoms with van der Waals surface area (Å²) in [7, 11) is 0. The Kier molecular flexibility index (Phi) is 4.24. The van der Waals surface area contributed by atoms with Gasteiger partial charge in [-0.25, -0.2) is 4.98 Å². The second kappa shape index (κ2) is 6.14. The van der Waals surface area contributed by atoms with Crippen LogP contribution in [0.5, 0.6) is 0 Å². The first-order valence-corrected chi connectivity index (χ1v) is 10.4. The first kappa shape index (κ1) is 16.6. The number of hydrogen-bond acceptors (Lipinski definition) is 4. The molecule has 1 atom stereocenters. The number of fused-ring (bicyclic) bond motifs is 3. The molecule has 1 aliphatic carbocycles. The van der Waals surface area contributed by atoms with Crippen LogP contribution in [0.1, 0.15) is 56.9 Å². The normalized spacial score (nSPS) is 22.0. The van der Waals surface area contributed by atoms with Crippen LogP contribution in [0.25, 0.3) is 10.2 Å². The molecule has 1 unspecified atom stereocenters. The van der Waals surface area contributed by atoms with Crippen molar-refractivity contribution in [2.24, 2.45) is 11.3 Å². The number of thiophene rings is 1. The molecule has 3 nitrogen and oxygen atoms in total. The van der Waals surface area contributed by atoms with E-state index in [4.69, 9.17) is 11.6 Å². The maximum Gasteiger partial charge on any atom is 0.225 e. The quantitative estimate of drug-likeness (QED) is 0.627. The van der Waals surface area contributed by atoms with Crippen LogP contribution in [-0.4, -0.2) is 23.1 Å². The minimum absolute atomic E-state index is 0.368. The van der Waals surface area contributed by atoms with Gasteiger partial charge in [-0.15, -0.1) is 11.3 Å². The minimum Gasteiger partial charge on any atom is -0.356 e. The third-order valence-corrected chi connectivity index (χ3v) is 7.06. The Morgan fingerprint density at radius 2 is 1.88 bits per heavy atom. The van der Waals surface area contributed by atoms with Gasteiger partial charge in [-0.05, 0) is 67.0 Å².